The Bertz CT molecular complexity index is 1040. The second-order valence-corrected chi connectivity index (χ2v) is 7.11. The first kappa shape index (κ1) is 20.8. The number of ether oxygens (including phenoxy) is 2. The molecule has 0 aliphatic rings. The second-order valence-electron chi connectivity index (χ2n) is 7.11. The van der Waals surface area contributed by atoms with Crippen molar-refractivity contribution in [3.63, 3.8) is 0 Å². The highest BCUT2D eigenvalue weighted by Gasteiger charge is 2.18. The first-order valence-electron chi connectivity index (χ1n) is 9.95. The second kappa shape index (κ2) is 9.05. The van der Waals surface area contributed by atoms with Gasteiger partial charge in [0.25, 0.3) is 0 Å². The summed E-state index contributed by atoms with van der Waals surface area (Å²) in [6.07, 6.45) is -0.344. The van der Waals surface area contributed by atoms with E-state index in [4.69, 9.17) is 9.47 Å². The lowest BCUT2D eigenvalue weighted by Crippen LogP contribution is -2.30. The predicted molar refractivity (Wildman–Crippen MR) is 115 cm³/mol. The van der Waals surface area contributed by atoms with Crippen LogP contribution in [-0.4, -0.2) is 36.5 Å². The predicted octanol–water partition coefficient (Wildman–Crippen LogP) is 4.86. The van der Waals surface area contributed by atoms with Gasteiger partial charge in [-0.15, -0.1) is 0 Å². The molecule has 3 rings (SSSR count). The van der Waals surface area contributed by atoms with E-state index >= 15 is 0 Å². The van der Waals surface area contributed by atoms with E-state index in [2.05, 4.69) is 30.9 Å². The third-order valence-electron chi connectivity index (χ3n) is 5.09. The molecule has 0 saturated carbocycles. The summed E-state index contributed by atoms with van der Waals surface area (Å²) in [6.45, 7) is 9.44. The Morgan fingerprint density at radius 3 is 2.03 bits per heavy atom. The van der Waals surface area contributed by atoms with Gasteiger partial charge in [-0.05, 0) is 58.4 Å². The summed E-state index contributed by atoms with van der Waals surface area (Å²) in [5.41, 5.74) is 0.949. The number of hydrogen-bond acceptors (Lipinski definition) is 5. The van der Waals surface area contributed by atoms with Gasteiger partial charge in [-0.1, -0.05) is 44.2 Å². The highest BCUT2D eigenvalue weighted by Crippen LogP contribution is 2.32. The van der Waals surface area contributed by atoms with Crippen LogP contribution in [0.1, 0.15) is 39.4 Å². The molecule has 3 aromatic rings. The number of rotatable bonds is 7. The van der Waals surface area contributed by atoms with E-state index < -0.39 is 0 Å². The first-order chi connectivity index (χ1) is 13.9. The van der Waals surface area contributed by atoms with Gasteiger partial charge in [0.2, 0.25) is 0 Å². The van der Waals surface area contributed by atoms with Crippen LogP contribution < -0.4 is 4.74 Å². The smallest absolute Gasteiger partial charge is 0.308 e. The molecule has 0 aromatic heterocycles. The summed E-state index contributed by atoms with van der Waals surface area (Å²) in [5, 5.41) is 4.15. The molecule has 0 spiro atoms. The van der Waals surface area contributed by atoms with Gasteiger partial charge in [0.1, 0.15) is 11.9 Å². The Labute approximate surface area is 171 Å². The first-order valence-corrected chi connectivity index (χ1v) is 9.95. The number of carbonyl (C=O) groups is 2. The van der Waals surface area contributed by atoms with Gasteiger partial charge < -0.3 is 9.47 Å². The van der Waals surface area contributed by atoms with Crippen molar-refractivity contribution in [2.45, 2.75) is 33.8 Å². The normalized spacial score (nSPS) is 12.3. The van der Waals surface area contributed by atoms with Crippen molar-refractivity contribution < 1.29 is 19.1 Å². The van der Waals surface area contributed by atoms with Gasteiger partial charge in [0.05, 0.1) is 0 Å². The zero-order valence-electron chi connectivity index (χ0n) is 17.4. The Kier molecular flexibility index (Phi) is 6.49. The van der Waals surface area contributed by atoms with Crippen molar-refractivity contribution in [3.8, 4) is 5.75 Å². The summed E-state index contributed by atoms with van der Waals surface area (Å²) < 4.78 is 10.9. The van der Waals surface area contributed by atoms with Gasteiger partial charge in [-0.2, -0.15) is 0 Å². The Balaban J connectivity index is 2.10. The molecule has 0 saturated heterocycles. The number of hydrogen-bond donors (Lipinski definition) is 0. The fourth-order valence-corrected chi connectivity index (χ4v) is 3.60. The summed E-state index contributed by atoms with van der Waals surface area (Å²) in [4.78, 5) is 25.3. The molecular weight excluding hydrogens is 366 g/mol. The molecule has 0 amide bonds. The molecule has 0 heterocycles. The molecule has 0 fully saturated rings. The minimum Gasteiger partial charge on any atom is -0.456 e. The van der Waals surface area contributed by atoms with E-state index in [1.54, 1.807) is 6.07 Å². The standard InChI is InChI=1S/C24H27NO4/c1-5-25(6-2)15-24(29-17(4)27)20-10-9-18-7-8-19-11-12-21(28-16(3)26)14-23(19)22(18)13-20/h7-14,24H,5-6,15H2,1-4H3/t24-/m0/s1. The zero-order valence-corrected chi connectivity index (χ0v) is 17.4. The van der Waals surface area contributed by atoms with Gasteiger partial charge in [-0.3, -0.25) is 14.5 Å². The highest BCUT2D eigenvalue weighted by atomic mass is 16.5. The summed E-state index contributed by atoms with van der Waals surface area (Å²) in [6, 6.07) is 15.9. The molecule has 5 nitrogen and oxygen atoms in total. The molecule has 0 bridgehead atoms. The lowest BCUT2D eigenvalue weighted by atomic mass is 9.97. The summed E-state index contributed by atoms with van der Waals surface area (Å²) in [5.74, 6) is -0.126. The maximum absolute atomic E-state index is 11.7. The van der Waals surface area contributed by atoms with Gasteiger partial charge in [0.15, 0.2) is 0 Å². The molecular formula is C24H27NO4. The van der Waals surface area contributed by atoms with Crippen LogP contribution in [0.4, 0.5) is 0 Å². The van der Waals surface area contributed by atoms with Gasteiger partial charge in [0, 0.05) is 20.4 Å². The minimum atomic E-state index is -0.348. The Morgan fingerprint density at radius 2 is 1.45 bits per heavy atom. The zero-order chi connectivity index (χ0) is 21.0. The summed E-state index contributed by atoms with van der Waals surface area (Å²) >= 11 is 0. The molecule has 0 aliphatic heterocycles. The fourth-order valence-electron chi connectivity index (χ4n) is 3.60. The van der Waals surface area contributed by atoms with Crippen LogP contribution >= 0.6 is 0 Å². The van der Waals surface area contributed by atoms with Crippen molar-refractivity contribution in [2.75, 3.05) is 19.6 Å². The lowest BCUT2D eigenvalue weighted by molar-refractivity contribution is -0.147. The van der Waals surface area contributed by atoms with Crippen LogP contribution in [0.2, 0.25) is 0 Å². The van der Waals surface area contributed by atoms with Crippen molar-refractivity contribution in [2.24, 2.45) is 0 Å². The minimum absolute atomic E-state index is 0.294. The average Bonchev–Trinajstić information content (AvgIpc) is 2.69. The van der Waals surface area contributed by atoms with Crippen molar-refractivity contribution in [3.05, 3.63) is 54.1 Å². The van der Waals surface area contributed by atoms with E-state index in [1.807, 2.05) is 30.3 Å². The van der Waals surface area contributed by atoms with Gasteiger partial charge in [-0.25, -0.2) is 0 Å². The van der Waals surface area contributed by atoms with Crippen LogP contribution in [0.25, 0.3) is 21.5 Å². The Morgan fingerprint density at radius 1 is 0.862 bits per heavy atom. The number of likely N-dealkylation sites (N-methyl/N-ethyl adjacent to an activating group) is 1. The molecule has 0 aliphatic carbocycles. The largest absolute Gasteiger partial charge is 0.456 e. The van der Waals surface area contributed by atoms with Crippen LogP contribution in [-0.2, 0) is 14.3 Å². The van der Waals surface area contributed by atoms with Crippen LogP contribution in [0.3, 0.4) is 0 Å². The average molecular weight is 393 g/mol. The van der Waals surface area contributed by atoms with Crippen LogP contribution in [0, 0.1) is 0 Å². The summed E-state index contributed by atoms with van der Waals surface area (Å²) in [7, 11) is 0. The molecule has 1 atom stereocenters. The number of carbonyl (C=O) groups excluding carboxylic acids is 2. The van der Waals surface area contributed by atoms with Crippen molar-refractivity contribution in [1.82, 2.24) is 4.90 Å². The molecule has 0 radical (unpaired) electrons. The number of nitrogens with zero attached hydrogens (tertiary/aromatic N) is 1. The van der Waals surface area contributed by atoms with E-state index in [1.165, 1.54) is 13.8 Å². The lowest BCUT2D eigenvalue weighted by Gasteiger charge is -2.25. The molecule has 0 N–H and O–H groups in total. The van der Waals surface area contributed by atoms with Crippen molar-refractivity contribution >= 4 is 33.5 Å². The SMILES string of the molecule is CCN(CC)C[C@H](OC(C)=O)c1ccc2ccc3ccc(OC(C)=O)cc3c2c1. The van der Waals surface area contributed by atoms with Crippen LogP contribution in [0.5, 0.6) is 5.75 Å². The fraction of sp³-hybridized carbons (Fsp3) is 0.333. The molecule has 29 heavy (non-hydrogen) atoms. The number of esters is 2. The van der Waals surface area contributed by atoms with E-state index in [9.17, 15) is 9.59 Å². The topological polar surface area (TPSA) is 55.8 Å². The molecule has 5 heteroatoms. The van der Waals surface area contributed by atoms with Gasteiger partial charge >= 0.3 is 11.9 Å². The quantitative estimate of drug-likeness (QED) is 0.326. The monoisotopic (exact) mass is 393 g/mol. The maximum Gasteiger partial charge on any atom is 0.308 e. The van der Waals surface area contributed by atoms with E-state index in [0.717, 1.165) is 40.2 Å². The van der Waals surface area contributed by atoms with E-state index in [-0.39, 0.29) is 18.0 Å². The third kappa shape index (κ3) is 4.93. The van der Waals surface area contributed by atoms with Crippen LogP contribution in [0.15, 0.2) is 48.5 Å². The Hall–Kier alpha value is -2.92. The van der Waals surface area contributed by atoms with E-state index in [0.29, 0.717) is 12.3 Å². The maximum atomic E-state index is 11.7. The molecule has 3 aromatic carbocycles. The number of fused-ring (bicyclic) bond motifs is 3. The van der Waals surface area contributed by atoms with Crippen molar-refractivity contribution in [1.29, 1.82) is 0 Å². The number of benzene rings is 3. The molecule has 152 valence electrons. The molecule has 0 unspecified atom stereocenters. The highest BCUT2D eigenvalue weighted by molar-refractivity contribution is 6.08. The third-order valence-corrected chi connectivity index (χ3v) is 5.09.